The first-order valence-electron chi connectivity index (χ1n) is 5.24. The van der Waals surface area contributed by atoms with Gasteiger partial charge in [0.15, 0.2) is 0 Å². The van der Waals surface area contributed by atoms with E-state index in [1.165, 1.54) is 0 Å². The smallest absolute Gasteiger partial charge is 0.339 e. The van der Waals surface area contributed by atoms with Crippen molar-refractivity contribution in [2.24, 2.45) is 0 Å². The topological polar surface area (TPSA) is 46.5 Å². The van der Waals surface area contributed by atoms with Crippen LogP contribution in [-0.2, 0) is 0 Å². The van der Waals surface area contributed by atoms with Gasteiger partial charge >= 0.3 is 5.97 Å². The van der Waals surface area contributed by atoms with Crippen molar-refractivity contribution in [3.05, 3.63) is 28.2 Å². The lowest BCUT2D eigenvalue weighted by Gasteiger charge is -2.15. The number of carbonyl (C=O) groups is 1. The molecule has 0 aromatic heterocycles. The molecular weight excluding hydrogens is 272 g/mol. The largest absolute Gasteiger partial charge is 0.490 e. The zero-order chi connectivity index (χ0) is 12.1. The van der Waals surface area contributed by atoms with Crippen LogP contribution in [-0.4, -0.2) is 17.2 Å². The number of hydrogen-bond donors (Lipinski definition) is 1. The Balaban J connectivity index is 2.90. The fourth-order valence-electron chi connectivity index (χ4n) is 1.45. The number of aromatic carboxylic acids is 1. The Morgan fingerprint density at radius 3 is 2.81 bits per heavy atom. The summed E-state index contributed by atoms with van der Waals surface area (Å²) in [6.07, 6.45) is 1.96. The highest BCUT2D eigenvalue weighted by molar-refractivity contribution is 9.10. The van der Waals surface area contributed by atoms with E-state index in [4.69, 9.17) is 9.84 Å². The van der Waals surface area contributed by atoms with Crippen LogP contribution < -0.4 is 4.74 Å². The van der Waals surface area contributed by atoms with Crippen molar-refractivity contribution < 1.29 is 14.6 Å². The lowest BCUT2D eigenvalue weighted by atomic mass is 10.2. The normalized spacial score (nSPS) is 12.2. The highest BCUT2D eigenvalue weighted by Crippen LogP contribution is 2.24. The van der Waals surface area contributed by atoms with Crippen molar-refractivity contribution in [3.63, 3.8) is 0 Å². The molecule has 0 aliphatic rings. The van der Waals surface area contributed by atoms with Gasteiger partial charge < -0.3 is 9.84 Å². The number of carboxylic acids is 1. The van der Waals surface area contributed by atoms with Gasteiger partial charge in [-0.2, -0.15) is 0 Å². The van der Waals surface area contributed by atoms with Crippen molar-refractivity contribution in [2.45, 2.75) is 32.8 Å². The first kappa shape index (κ1) is 13.0. The summed E-state index contributed by atoms with van der Waals surface area (Å²) in [6, 6.07) is 5.01. The van der Waals surface area contributed by atoms with Crippen molar-refractivity contribution in [2.75, 3.05) is 0 Å². The standard InChI is InChI=1S/C12H15BrO3/c1-3-4-8(2)16-11-6-5-9(13)7-10(11)12(14)15/h5-8H,3-4H2,1-2H3,(H,14,15). The quantitative estimate of drug-likeness (QED) is 0.897. The Morgan fingerprint density at radius 2 is 2.25 bits per heavy atom. The van der Waals surface area contributed by atoms with Crippen molar-refractivity contribution in [1.29, 1.82) is 0 Å². The zero-order valence-corrected chi connectivity index (χ0v) is 11.0. The number of halogens is 1. The second kappa shape index (κ2) is 5.89. The summed E-state index contributed by atoms with van der Waals surface area (Å²) < 4.78 is 6.34. The molecule has 0 heterocycles. The molecule has 0 aliphatic heterocycles. The van der Waals surface area contributed by atoms with E-state index in [9.17, 15) is 4.79 Å². The summed E-state index contributed by atoms with van der Waals surface area (Å²) in [7, 11) is 0. The van der Waals surface area contributed by atoms with Crippen LogP contribution >= 0.6 is 15.9 Å². The van der Waals surface area contributed by atoms with Crippen molar-refractivity contribution in [3.8, 4) is 5.75 Å². The summed E-state index contributed by atoms with van der Waals surface area (Å²) in [5.74, 6) is -0.545. The van der Waals surface area contributed by atoms with E-state index >= 15 is 0 Å². The number of carboxylic acid groups (broad SMARTS) is 1. The average Bonchev–Trinajstić information content (AvgIpc) is 2.20. The minimum atomic E-state index is -0.972. The third-order valence-corrected chi connectivity index (χ3v) is 2.69. The summed E-state index contributed by atoms with van der Waals surface area (Å²) in [5.41, 5.74) is 0.192. The molecular formula is C12H15BrO3. The third kappa shape index (κ3) is 3.52. The maximum atomic E-state index is 11.0. The Morgan fingerprint density at radius 1 is 1.56 bits per heavy atom. The molecule has 0 saturated heterocycles. The van der Waals surface area contributed by atoms with E-state index in [-0.39, 0.29) is 11.7 Å². The number of rotatable bonds is 5. The predicted molar refractivity (Wildman–Crippen MR) is 66.1 cm³/mol. The fourth-order valence-corrected chi connectivity index (χ4v) is 1.82. The van der Waals surface area contributed by atoms with Gasteiger partial charge in [-0.3, -0.25) is 0 Å². The number of ether oxygens (including phenoxy) is 1. The van der Waals surface area contributed by atoms with Gasteiger partial charge in [0.25, 0.3) is 0 Å². The molecule has 0 saturated carbocycles. The van der Waals surface area contributed by atoms with Crippen LogP contribution in [0.2, 0.25) is 0 Å². The van der Waals surface area contributed by atoms with Gasteiger partial charge in [-0.1, -0.05) is 29.3 Å². The van der Waals surface area contributed by atoms with Crippen LogP contribution in [0, 0.1) is 0 Å². The Bertz CT molecular complexity index is 377. The highest BCUT2D eigenvalue weighted by atomic mass is 79.9. The molecule has 88 valence electrons. The minimum Gasteiger partial charge on any atom is -0.490 e. The van der Waals surface area contributed by atoms with Gasteiger partial charge in [-0.05, 0) is 31.5 Å². The van der Waals surface area contributed by atoms with Crippen LogP contribution in [0.1, 0.15) is 37.0 Å². The molecule has 0 radical (unpaired) electrons. The van der Waals surface area contributed by atoms with E-state index in [0.29, 0.717) is 5.75 Å². The molecule has 4 heteroatoms. The Hall–Kier alpha value is -1.03. The highest BCUT2D eigenvalue weighted by Gasteiger charge is 2.13. The first-order valence-corrected chi connectivity index (χ1v) is 6.03. The molecule has 0 amide bonds. The summed E-state index contributed by atoms with van der Waals surface area (Å²) in [5, 5.41) is 9.03. The Labute approximate surface area is 104 Å². The molecule has 1 atom stereocenters. The molecule has 16 heavy (non-hydrogen) atoms. The predicted octanol–water partition coefficient (Wildman–Crippen LogP) is 3.71. The van der Waals surface area contributed by atoms with E-state index in [0.717, 1.165) is 17.3 Å². The molecule has 1 unspecified atom stereocenters. The van der Waals surface area contributed by atoms with Gasteiger partial charge in [-0.15, -0.1) is 0 Å². The van der Waals surface area contributed by atoms with Crippen LogP contribution in [0.3, 0.4) is 0 Å². The summed E-state index contributed by atoms with van der Waals surface area (Å²) in [6.45, 7) is 4.01. The summed E-state index contributed by atoms with van der Waals surface area (Å²) in [4.78, 5) is 11.0. The average molecular weight is 287 g/mol. The van der Waals surface area contributed by atoms with Crippen LogP contribution in [0.5, 0.6) is 5.75 Å². The SMILES string of the molecule is CCCC(C)Oc1ccc(Br)cc1C(=O)O. The van der Waals surface area contributed by atoms with E-state index in [1.54, 1.807) is 18.2 Å². The molecule has 1 aromatic carbocycles. The third-order valence-electron chi connectivity index (χ3n) is 2.20. The molecule has 1 rings (SSSR count). The first-order chi connectivity index (χ1) is 7.54. The molecule has 1 N–H and O–H groups in total. The molecule has 0 bridgehead atoms. The van der Waals surface area contributed by atoms with E-state index < -0.39 is 5.97 Å². The number of benzene rings is 1. The monoisotopic (exact) mass is 286 g/mol. The van der Waals surface area contributed by atoms with E-state index in [1.807, 2.05) is 6.92 Å². The van der Waals surface area contributed by atoms with Gasteiger partial charge in [0.05, 0.1) is 6.10 Å². The zero-order valence-electron chi connectivity index (χ0n) is 9.37. The van der Waals surface area contributed by atoms with Crippen molar-refractivity contribution >= 4 is 21.9 Å². The van der Waals surface area contributed by atoms with Gasteiger partial charge in [0.2, 0.25) is 0 Å². The maximum absolute atomic E-state index is 11.0. The second-order valence-electron chi connectivity index (χ2n) is 3.66. The molecule has 0 aliphatic carbocycles. The lowest BCUT2D eigenvalue weighted by Crippen LogP contribution is -2.13. The lowest BCUT2D eigenvalue weighted by molar-refractivity contribution is 0.0689. The fraction of sp³-hybridized carbons (Fsp3) is 0.417. The molecule has 3 nitrogen and oxygen atoms in total. The van der Waals surface area contributed by atoms with Gasteiger partial charge in [0.1, 0.15) is 11.3 Å². The van der Waals surface area contributed by atoms with Crippen LogP contribution in [0.4, 0.5) is 0 Å². The van der Waals surface area contributed by atoms with Crippen molar-refractivity contribution in [1.82, 2.24) is 0 Å². The van der Waals surface area contributed by atoms with E-state index in [2.05, 4.69) is 22.9 Å². The summed E-state index contributed by atoms with van der Waals surface area (Å²) >= 11 is 3.24. The van der Waals surface area contributed by atoms with Crippen LogP contribution in [0.15, 0.2) is 22.7 Å². The van der Waals surface area contributed by atoms with Gasteiger partial charge in [0, 0.05) is 4.47 Å². The second-order valence-corrected chi connectivity index (χ2v) is 4.58. The molecule has 1 aromatic rings. The molecule has 0 fully saturated rings. The van der Waals surface area contributed by atoms with Gasteiger partial charge in [-0.25, -0.2) is 4.79 Å². The number of hydrogen-bond acceptors (Lipinski definition) is 2. The van der Waals surface area contributed by atoms with Crippen LogP contribution in [0.25, 0.3) is 0 Å². The Kier molecular flexibility index (Phi) is 4.80. The molecule has 0 spiro atoms. The maximum Gasteiger partial charge on any atom is 0.339 e. The minimum absolute atomic E-state index is 0.0317.